The topological polar surface area (TPSA) is 52.6 Å². The lowest BCUT2D eigenvalue weighted by atomic mass is 10.1. The lowest BCUT2D eigenvalue weighted by molar-refractivity contribution is -0.125. The molecule has 0 spiro atoms. The summed E-state index contributed by atoms with van der Waals surface area (Å²) >= 11 is 5.82. The summed E-state index contributed by atoms with van der Waals surface area (Å²) in [6, 6.07) is 7.30. The number of hydrogen-bond acceptors (Lipinski definition) is 3. The average Bonchev–Trinajstić information content (AvgIpc) is 2.94. The monoisotopic (exact) mass is 296 g/mol. The minimum Gasteiger partial charge on any atom is -0.396 e. The number of aliphatic hydroxyl groups is 1. The molecule has 2 atom stereocenters. The zero-order valence-electron chi connectivity index (χ0n) is 11.7. The average molecular weight is 297 g/mol. The van der Waals surface area contributed by atoms with Gasteiger partial charge in [0.05, 0.1) is 6.04 Å². The van der Waals surface area contributed by atoms with Gasteiger partial charge in [0, 0.05) is 24.7 Å². The molecule has 4 nitrogen and oxygen atoms in total. The van der Waals surface area contributed by atoms with Crippen molar-refractivity contribution >= 4 is 17.5 Å². The molecule has 2 rings (SSSR count). The first-order chi connectivity index (χ1) is 9.60. The SMILES string of the molecule is CC(C(=O)NCc1ccc(Cl)cc1)N1CCC(CO)C1. The van der Waals surface area contributed by atoms with Gasteiger partial charge in [0.1, 0.15) is 0 Å². The molecule has 110 valence electrons. The van der Waals surface area contributed by atoms with Crippen molar-refractivity contribution in [1.29, 1.82) is 0 Å². The molecular formula is C15H21ClN2O2. The van der Waals surface area contributed by atoms with Crippen LogP contribution in [0.3, 0.4) is 0 Å². The van der Waals surface area contributed by atoms with Gasteiger partial charge in [0.15, 0.2) is 0 Å². The molecule has 1 aliphatic rings. The first-order valence-electron chi connectivity index (χ1n) is 6.97. The standard InChI is InChI=1S/C15H21ClN2O2/c1-11(18-7-6-13(9-18)10-19)15(20)17-8-12-2-4-14(16)5-3-12/h2-5,11,13,19H,6-10H2,1H3,(H,17,20). The van der Waals surface area contributed by atoms with Crippen LogP contribution in [0, 0.1) is 5.92 Å². The lowest BCUT2D eigenvalue weighted by Gasteiger charge is -2.23. The Labute approximate surface area is 124 Å². The van der Waals surface area contributed by atoms with Crippen LogP contribution in [-0.2, 0) is 11.3 Å². The highest BCUT2D eigenvalue weighted by Gasteiger charge is 2.28. The second-order valence-electron chi connectivity index (χ2n) is 5.35. The Bertz CT molecular complexity index is 450. The van der Waals surface area contributed by atoms with Crippen LogP contribution in [-0.4, -0.2) is 41.7 Å². The van der Waals surface area contributed by atoms with E-state index in [9.17, 15) is 4.79 Å². The number of hydrogen-bond donors (Lipinski definition) is 2. The van der Waals surface area contributed by atoms with Crippen LogP contribution in [0.25, 0.3) is 0 Å². The highest BCUT2D eigenvalue weighted by Crippen LogP contribution is 2.18. The van der Waals surface area contributed by atoms with Crippen LogP contribution in [0.1, 0.15) is 18.9 Å². The van der Waals surface area contributed by atoms with Gasteiger partial charge in [-0.05, 0) is 43.5 Å². The number of rotatable bonds is 5. The van der Waals surface area contributed by atoms with Crippen molar-refractivity contribution in [3.05, 3.63) is 34.9 Å². The Morgan fingerprint density at radius 2 is 2.20 bits per heavy atom. The molecular weight excluding hydrogens is 276 g/mol. The molecule has 20 heavy (non-hydrogen) atoms. The maximum Gasteiger partial charge on any atom is 0.237 e. The van der Waals surface area contributed by atoms with Crippen LogP contribution in [0.2, 0.25) is 5.02 Å². The third-order valence-corrected chi connectivity index (χ3v) is 4.13. The van der Waals surface area contributed by atoms with Gasteiger partial charge in [-0.15, -0.1) is 0 Å². The van der Waals surface area contributed by atoms with Crippen LogP contribution in [0.15, 0.2) is 24.3 Å². The summed E-state index contributed by atoms with van der Waals surface area (Å²) in [6.45, 7) is 4.30. The van der Waals surface area contributed by atoms with Gasteiger partial charge in [-0.1, -0.05) is 23.7 Å². The number of nitrogens with zero attached hydrogens (tertiary/aromatic N) is 1. The van der Waals surface area contributed by atoms with Gasteiger partial charge in [-0.3, -0.25) is 9.69 Å². The van der Waals surface area contributed by atoms with E-state index >= 15 is 0 Å². The van der Waals surface area contributed by atoms with Crippen LogP contribution >= 0.6 is 11.6 Å². The van der Waals surface area contributed by atoms with E-state index in [1.165, 1.54) is 0 Å². The molecule has 0 bridgehead atoms. The van der Waals surface area contributed by atoms with Gasteiger partial charge in [-0.2, -0.15) is 0 Å². The smallest absolute Gasteiger partial charge is 0.237 e. The zero-order valence-corrected chi connectivity index (χ0v) is 12.4. The molecule has 1 heterocycles. The zero-order chi connectivity index (χ0) is 14.5. The number of carbonyl (C=O) groups excluding carboxylic acids is 1. The van der Waals surface area contributed by atoms with E-state index in [0.717, 1.165) is 25.1 Å². The third-order valence-electron chi connectivity index (χ3n) is 3.88. The predicted molar refractivity (Wildman–Crippen MR) is 79.5 cm³/mol. The number of nitrogens with one attached hydrogen (secondary N) is 1. The quantitative estimate of drug-likeness (QED) is 0.869. The fraction of sp³-hybridized carbons (Fsp3) is 0.533. The van der Waals surface area contributed by atoms with Gasteiger partial charge in [0.25, 0.3) is 0 Å². The molecule has 0 radical (unpaired) electrons. The number of likely N-dealkylation sites (tertiary alicyclic amines) is 1. The van der Waals surface area contributed by atoms with E-state index in [4.69, 9.17) is 16.7 Å². The highest BCUT2D eigenvalue weighted by molar-refractivity contribution is 6.30. The summed E-state index contributed by atoms with van der Waals surface area (Å²) in [7, 11) is 0. The Morgan fingerprint density at radius 3 is 2.80 bits per heavy atom. The molecule has 0 saturated carbocycles. The van der Waals surface area contributed by atoms with Gasteiger partial charge < -0.3 is 10.4 Å². The van der Waals surface area contributed by atoms with Crippen LogP contribution in [0.4, 0.5) is 0 Å². The Morgan fingerprint density at radius 1 is 1.50 bits per heavy atom. The molecule has 2 N–H and O–H groups in total. The predicted octanol–water partition coefficient (Wildman–Crippen LogP) is 1.66. The van der Waals surface area contributed by atoms with Gasteiger partial charge in [0.2, 0.25) is 5.91 Å². The second-order valence-corrected chi connectivity index (χ2v) is 5.79. The van der Waals surface area contributed by atoms with Crippen molar-refractivity contribution in [3.8, 4) is 0 Å². The lowest BCUT2D eigenvalue weighted by Crippen LogP contribution is -2.43. The molecule has 0 aromatic heterocycles. The number of aliphatic hydroxyl groups excluding tert-OH is 1. The number of benzene rings is 1. The number of halogens is 1. The van der Waals surface area contributed by atoms with E-state index in [0.29, 0.717) is 17.5 Å². The summed E-state index contributed by atoms with van der Waals surface area (Å²) in [5.74, 6) is 0.333. The minimum atomic E-state index is -0.154. The normalized spacial score (nSPS) is 20.9. The molecule has 2 unspecified atom stereocenters. The number of amides is 1. The molecule has 1 fully saturated rings. The third kappa shape index (κ3) is 3.95. The van der Waals surface area contributed by atoms with E-state index in [-0.39, 0.29) is 18.6 Å². The fourth-order valence-corrected chi connectivity index (χ4v) is 2.59. The summed E-state index contributed by atoms with van der Waals surface area (Å²) in [5, 5.41) is 12.8. The number of carbonyl (C=O) groups is 1. The van der Waals surface area contributed by atoms with Crippen LogP contribution < -0.4 is 5.32 Å². The van der Waals surface area contributed by atoms with Crippen molar-refractivity contribution in [2.45, 2.75) is 25.9 Å². The molecule has 1 aliphatic heterocycles. The van der Waals surface area contributed by atoms with E-state index in [1.54, 1.807) is 0 Å². The highest BCUT2D eigenvalue weighted by atomic mass is 35.5. The van der Waals surface area contributed by atoms with E-state index in [1.807, 2.05) is 31.2 Å². The fourth-order valence-electron chi connectivity index (χ4n) is 2.47. The largest absolute Gasteiger partial charge is 0.396 e. The summed E-state index contributed by atoms with van der Waals surface area (Å²) in [4.78, 5) is 14.2. The molecule has 1 aromatic rings. The maximum absolute atomic E-state index is 12.1. The minimum absolute atomic E-state index is 0.0264. The summed E-state index contributed by atoms with van der Waals surface area (Å²) in [6.07, 6.45) is 0.964. The molecule has 1 aromatic carbocycles. The van der Waals surface area contributed by atoms with E-state index in [2.05, 4.69) is 10.2 Å². The Kier molecular flexibility index (Phi) is 5.40. The summed E-state index contributed by atoms with van der Waals surface area (Å²) in [5.41, 5.74) is 1.03. The van der Waals surface area contributed by atoms with Gasteiger partial charge >= 0.3 is 0 Å². The second kappa shape index (κ2) is 7.07. The summed E-state index contributed by atoms with van der Waals surface area (Å²) < 4.78 is 0. The molecule has 0 aliphatic carbocycles. The van der Waals surface area contributed by atoms with Crippen LogP contribution in [0.5, 0.6) is 0 Å². The van der Waals surface area contributed by atoms with Crippen molar-refractivity contribution in [1.82, 2.24) is 10.2 Å². The van der Waals surface area contributed by atoms with Crippen molar-refractivity contribution in [2.24, 2.45) is 5.92 Å². The first-order valence-corrected chi connectivity index (χ1v) is 7.35. The van der Waals surface area contributed by atoms with Crippen molar-refractivity contribution in [2.75, 3.05) is 19.7 Å². The van der Waals surface area contributed by atoms with Gasteiger partial charge in [-0.25, -0.2) is 0 Å². The molecule has 1 amide bonds. The van der Waals surface area contributed by atoms with Crippen molar-refractivity contribution < 1.29 is 9.90 Å². The molecule has 5 heteroatoms. The molecule has 1 saturated heterocycles. The first kappa shape index (κ1) is 15.3. The van der Waals surface area contributed by atoms with E-state index < -0.39 is 0 Å². The van der Waals surface area contributed by atoms with Crippen molar-refractivity contribution in [3.63, 3.8) is 0 Å². The Balaban J connectivity index is 1.81. The Hall–Kier alpha value is -1.10. The maximum atomic E-state index is 12.1.